The molecule has 0 unspecified atom stereocenters. The smallest absolute Gasteiger partial charge is 0.314 e. The summed E-state index contributed by atoms with van der Waals surface area (Å²) in [7, 11) is 0. The Morgan fingerprint density at radius 3 is 2.58 bits per heavy atom. The van der Waals surface area contributed by atoms with Gasteiger partial charge in [-0.3, -0.25) is 0 Å². The van der Waals surface area contributed by atoms with Gasteiger partial charge >= 0.3 is 6.03 Å². The number of hydrogen-bond acceptors (Lipinski definition) is 3. The lowest BCUT2D eigenvalue weighted by Gasteiger charge is -2.07. The molecule has 5 heteroatoms. The van der Waals surface area contributed by atoms with E-state index < -0.39 is 0 Å². The number of aliphatic hydroxyl groups is 1. The van der Waals surface area contributed by atoms with Crippen LogP contribution in [0.3, 0.4) is 0 Å². The first kappa shape index (κ1) is 15.9. The van der Waals surface area contributed by atoms with Gasteiger partial charge in [0.15, 0.2) is 0 Å². The zero-order valence-corrected chi connectivity index (χ0v) is 12.1. The highest BCUT2D eigenvalue weighted by Crippen LogP contribution is 2.12. The number of nitrogens with one attached hydrogen (secondary N) is 2. The first-order chi connectivity index (χ1) is 9.22. The van der Waals surface area contributed by atoms with Crippen LogP contribution >= 0.6 is 11.8 Å². The summed E-state index contributed by atoms with van der Waals surface area (Å²) in [6.07, 6.45) is 0.593. The summed E-state index contributed by atoms with van der Waals surface area (Å²) in [5.74, 6) is 1.86. The van der Waals surface area contributed by atoms with Crippen molar-refractivity contribution in [1.82, 2.24) is 10.6 Å². The average Bonchev–Trinajstić information content (AvgIpc) is 2.41. The van der Waals surface area contributed by atoms with Crippen LogP contribution in [-0.2, 0) is 5.75 Å². The van der Waals surface area contributed by atoms with Gasteiger partial charge in [0.2, 0.25) is 0 Å². The van der Waals surface area contributed by atoms with Gasteiger partial charge in [0.05, 0.1) is 0 Å². The monoisotopic (exact) mass is 282 g/mol. The van der Waals surface area contributed by atoms with Crippen molar-refractivity contribution >= 4 is 17.8 Å². The molecule has 0 bridgehead atoms. The molecule has 106 valence electrons. The molecule has 4 nitrogen and oxygen atoms in total. The summed E-state index contributed by atoms with van der Waals surface area (Å²) in [5.41, 5.74) is 2.58. The van der Waals surface area contributed by atoms with E-state index in [2.05, 4.69) is 41.8 Å². The van der Waals surface area contributed by atoms with Gasteiger partial charge in [-0.2, -0.15) is 11.8 Å². The number of carbonyl (C=O) groups is 1. The molecule has 0 radical (unpaired) electrons. The highest BCUT2D eigenvalue weighted by molar-refractivity contribution is 7.98. The largest absolute Gasteiger partial charge is 0.396 e. The zero-order valence-electron chi connectivity index (χ0n) is 11.3. The second-order valence-electron chi connectivity index (χ2n) is 4.30. The van der Waals surface area contributed by atoms with Crippen LogP contribution in [0.1, 0.15) is 17.5 Å². The van der Waals surface area contributed by atoms with Crippen LogP contribution in [0.5, 0.6) is 0 Å². The second kappa shape index (κ2) is 9.69. The molecule has 0 saturated carbocycles. The van der Waals surface area contributed by atoms with Crippen molar-refractivity contribution < 1.29 is 9.90 Å². The molecule has 0 aliphatic heterocycles. The maximum Gasteiger partial charge on any atom is 0.314 e. The Morgan fingerprint density at radius 1 is 1.21 bits per heavy atom. The fourth-order valence-corrected chi connectivity index (χ4v) is 2.27. The highest BCUT2D eigenvalue weighted by atomic mass is 32.2. The van der Waals surface area contributed by atoms with Gasteiger partial charge in [-0.15, -0.1) is 0 Å². The molecule has 0 atom stereocenters. The molecule has 19 heavy (non-hydrogen) atoms. The number of aryl methyl sites for hydroxylation is 1. The number of benzene rings is 1. The Labute approximate surface area is 119 Å². The molecule has 0 aliphatic rings. The standard InChI is InChI=1S/C14H22N2O2S/c1-12-3-5-13(6-4-12)11-19-10-8-16-14(18)15-7-2-9-17/h3-6,17H,2,7-11H2,1H3,(H2,15,16,18). The Morgan fingerprint density at radius 2 is 1.89 bits per heavy atom. The zero-order chi connectivity index (χ0) is 13.9. The van der Waals surface area contributed by atoms with E-state index >= 15 is 0 Å². The van der Waals surface area contributed by atoms with Crippen LogP contribution in [0.4, 0.5) is 4.79 Å². The Balaban J connectivity index is 2.01. The van der Waals surface area contributed by atoms with Gasteiger partial charge in [0.1, 0.15) is 0 Å². The topological polar surface area (TPSA) is 61.4 Å². The molecular weight excluding hydrogens is 260 g/mol. The van der Waals surface area contributed by atoms with Crippen molar-refractivity contribution in [3.05, 3.63) is 35.4 Å². The van der Waals surface area contributed by atoms with Crippen molar-refractivity contribution in [2.75, 3.05) is 25.4 Å². The lowest BCUT2D eigenvalue weighted by atomic mass is 10.2. The number of carbonyl (C=O) groups excluding carboxylic acids is 1. The highest BCUT2D eigenvalue weighted by Gasteiger charge is 1.98. The number of urea groups is 1. The minimum absolute atomic E-state index is 0.104. The fraction of sp³-hybridized carbons (Fsp3) is 0.500. The van der Waals surface area contributed by atoms with E-state index in [-0.39, 0.29) is 12.6 Å². The summed E-state index contributed by atoms with van der Waals surface area (Å²) >= 11 is 1.80. The molecule has 0 heterocycles. The lowest BCUT2D eigenvalue weighted by molar-refractivity contribution is 0.238. The Bertz CT molecular complexity index is 368. The van der Waals surface area contributed by atoms with E-state index in [1.807, 2.05) is 0 Å². The van der Waals surface area contributed by atoms with Crippen molar-refractivity contribution in [1.29, 1.82) is 0 Å². The molecule has 1 rings (SSSR count). The molecule has 0 aromatic heterocycles. The Hall–Kier alpha value is -1.20. The molecule has 0 fully saturated rings. The van der Waals surface area contributed by atoms with Crippen molar-refractivity contribution in [3.8, 4) is 0 Å². The summed E-state index contributed by atoms with van der Waals surface area (Å²) in [6.45, 7) is 3.35. The first-order valence-electron chi connectivity index (χ1n) is 6.48. The number of rotatable bonds is 8. The van der Waals surface area contributed by atoms with Gasteiger partial charge < -0.3 is 15.7 Å². The summed E-state index contributed by atoms with van der Waals surface area (Å²) in [4.78, 5) is 11.3. The maximum absolute atomic E-state index is 11.3. The molecule has 1 aromatic carbocycles. The number of aliphatic hydroxyl groups excluding tert-OH is 1. The average molecular weight is 282 g/mol. The molecule has 0 spiro atoms. The van der Waals surface area contributed by atoms with Crippen LogP contribution in [0, 0.1) is 6.92 Å². The van der Waals surface area contributed by atoms with Crippen molar-refractivity contribution in [3.63, 3.8) is 0 Å². The SMILES string of the molecule is Cc1ccc(CSCCNC(=O)NCCCO)cc1. The number of thioether (sulfide) groups is 1. The molecule has 1 aromatic rings. The van der Waals surface area contributed by atoms with Crippen LogP contribution < -0.4 is 10.6 Å². The lowest BCUT2D eigenvalue weighted by Crippen LogP contribution is -2.37. The predicted molar refractivity (Wildman–Crippen MR) is 80.4 cm³/mol. The van der Waals surface area contributed by atoms with E-state index in [4.69, 9.17) is 5.11 Å². The van der Waals surface area contributed by atoms with Crippen LogP contribution in [0.25, 0.3) is 0 Å². The van der Waals surface area contributed by atoms with Gasteiger partial charge in [-0.25, -0.2) is 4.79 Å². The number of hydrogen-bond donors (Lipinski definition) is 3. The van der Waals surface area contributed by atoms with Gasteiger partial charge in [0.25, 0.3) is 0 Å². The third-order valence-corrected chi connectivity index (χ3v) is 3.57. The third-order valence-electron chi connectivity index (χ3n) is 2.54. The summed E-state index contributed by atoms with van der Waals surface area (Å²) in [5, 5.41) is 14.0. The minimum atomic E-state index is -0.163. The van der Waals surface area contributed by atoms with Crippen molar-refractivity contribution in [2.45, 2.75) is 19.1 Å². The quantitative estimate of drug-likeness (QED) is 0.638. The number of amides is 2. The molecule has 0 aliphatic carbocycles. The normalized spacial score (nSPS) is 10.2. The molecule has 3 N–H and O–H groups in total. The van der Waals surface area contributed by atoms with Gasteiger partial charge in [-0.05, 0) is 18.9 Å². The van der Waals surface area contributed by atoms with E-state index in [1.54, 1.807) is 11.8 Å². The van der Waals surface area contributed by atoms with E-state index in [0.29, 0.717) is 19.5 Å². The predicted octanol–water partition coefficient (Wildman–Crippen LogP) is 1.91. The summed E-state index contributed by atoms with van der Waals surface area (Å²) in [6, 6.07) is 8.34. The van der Waals surface area contributed by atoms with Gasteiger partial charge in [-0.1, -0.05) is 29.8 Å². The fourth-order valence-electron chi connectivity index (χ4n) is 1.45. The second-order valence-corrected chi connectivity index (χ2v) is 5.40. The Kier molecular flexibility index (Phi) is 8.09. The van der Waals surface area contributed by atoms with E-state index in [0.717, 1.165) is 11.5 Å². The van der Waals surface area contributed by atoms with Crippen molar-refractivity contribution in [2.24, 2.45) is 0 Å². The van der Waals surface area contributed by atoms with E-state index in [1.165, 1.54) is 11.1 Å². The minimum Gasteiger partial charge on any atom is -0.396 e. The summed E-state index contributed by atoms with van der Waals surface area (Å²) < 4.78 is 0. The molecular formula is C14H22N2O2S. The first-order valence-corrected chi connectivity index (χ1v) is 7.63. The third kappa shape index (κ3) is 7.74. The van der Waals surface area contributed by atoms with Crippen LogP contribution in [-0.4, -0.2) is 36.6 Å². The molecule has 2 amide bonds. The van der Waals surface area contributed by atoms with Crippen LogP contribution in [0.2, 0.25) is 0 Å². The van der Waals surface area contributed by atoms with E-state index in [9.17, 15) is 4.79 Å². The van der Waals surface area contributed by atoms with Crippen LogP contribution in [0.15, 0.2) is 24.3 Å². The van der Waals surface area contributed by atoms with Gasteiger partial charge in [0, 0.05) is 31.2 Å². The molecule has 0 saturated heterocycles. The maximum atomic E-state index is 11.3.